The summed E-state index contributed by atoms with van der Waals surface area (Å²) in [5.74, 6) is -2.12. The predicted molar refractivity (Wildman–Crippen MR) is 72.0 cm³/mol. The van der Waals surface area contributed by atoms with E-state index in [-0.39, 0.29) is 30.0 Å². The summed E-state index contributed by atoms with van der Waals surface area (Å²) in [7, 11) is 0. The molecule has 7 heteroatoms. The van der Waals surface area contributed by atoms with Gasteiger partial charge >= 0.3 is 5.97 Å². The Balaban J connectivity index is 2.74. The van der Waals surface area contributed by atoms with Crippen molar-refractivity contribution in [3.63, 3.8) is 0 Å². The van der Waals surface area contributed by atoms with Crippen LogP contribution in [0.2, 0.25) is 0 Å². The van der Waals surface area contributed by atoms with Crippen LogP contribution in [0.25, 0.3) is 0 Å². The topological polar surface area (TPSA) is 107 Å². The summed E-state index contributed by atoms with van der Waals surface area (Å²) < 4.78 is 13.4. The van der Waals surface area contributed by atoms with Crippen molar-refractivity contribution in [1.82, 2.24) is 5.32 Å². The number of aliphatic hydroxyl groups excluding tert-OH is 2. The molecule has 0 aromatic heterocycles. The Morgan fingerprint density at radius 3 is 2.57 bits per heavy atom. The Hall–Kier alpha value is -1.99. The number of aliphatic hydroxyl groups is 2. The lowest BCUT2D eigenvalue weighted by Gasteiger charge is -2.19. The van der Waals surface area contributed by atoms with Crippen molar-refractivity contribution in [3.05, 3.63) is 35.1 Å². The standard InChI is InChI=1S/C14H18FNO5/c1-8(17)16-5-4-12(18)14(21)9-2-3-11(15)10(6-9)7-13(19)20/h2-3,6,12,14,18,21H,4-5,7H2,1H3,(H,16,17)(H,19,20). The van der Waals surface area contributed by atoms with E-state index >= 15 is 0 Å². The van der Waals surface area contributed by atoms with Gasteiger partial charge in [-0.15, -0.1) is 0 Å². The molecule has 1 amide bonds. The number of carboxylic acids is 1. The van der Waals surface area contributed by atoms with Crippen LogP contribution < -0.4 is 5.32 Å². The summed E-state index contributed by atoms with van der Waals surface area (Å²) in [4.78, 5) is 21.3. The highest BCUT2D eigenvalue weighted by atomic mass is 19.1. The molecule has 21 heavy (non-hydrogen) atoms. The number of aliphatic carboxylic acids is 1. The highest BCUT2D eigenvalue weighted by Crippen LogP contribution is 2.22. The van der Waals surface area contributed by atoms with Crippen LogP contribution in [0.1, 0.15) is 30.6 Å². The van der Waals surface area contributed by atoms with Crippen LogP contribution in [-0.4, -0.2) is 39.8 Å². The fourth-order valence-corrected chi connectivity index (χ4v) is 1.85. The maximum atomic E-state index is 13.4. The molecule has 6 nitrogen and oxygen atoms in total. The zero-order chi connectivity index (χ0) is 16.0. The maximum Gasteiger partial charge on any atom is 0.307 e. The van der Waals surface area contributed by atoms with Crippen LogP contribution in [-0.2, 0) is 16.0 Å². The number of hydrogen-bond acceptors (Lipinski definition) is 4. The van der Waals surface area contributed by atoms with E-state index in [1.165, 1.54) is 19.1 Å². The van der Waals surface area contributed by atoms with Gasteiger partial charge < -0.3 is 20.6 Å². The zero-order valence-electron chi connectivity index (χ0n) is 11.5. The zero-order valence-corrected chi connectivity index (χ0v) is 11.5. The minimum Gasteiger partial charge on any atom is -0.481 e. The van der Waals surface area contributed by atoms with Crippen molar-refractivity contribution < 1.29 is 29.3 Å². The third-order valence-electron chi connectivity index (χ3n) is 2.93. The summed E-state index contributed by atoms with van der Waals surface area (Å²) >= 11 is 0. The molecule has 0 radical (unpaired) electrons. The van der Waals surface area contributed by atoms with Crippen molar-refractivity contribution >= 4 is 11.9 Å². The van der Waals surface area contributed by atoms with Gasteiger partial charge in [0.2, 0.25) is 5.91 Å². The van der Waals surface area contributed by atoms with E-state index in [4.69, 9.17) is 5.11 Å². The summed E-state index contributed by atoms with van der Waals surface area (Å²) in [5.41, 5.74) is 0.163. The molecule has 4 N–H and O–H groups in total. The van der Waals surface area contributed by atoms with Gasteiger partial charge in [-0.1, -0.05) is 6.07 Å². The van der Waals surface area contributed by atoms with E-state index in [1.807, 2.05) is 0 Å². The second-order valence-corrected chi connectivity index (χ2v) is 4.71. The second kappa shape index (κ2) is 7.70. The van der Waals surface area contributed by atoms with Gasteiger partial charge in [-0.3, -0.25) is 9.59 Å². The van der Waals surface area contributed by atoms with Crippen molar-refractivity contribution in [1.29, 1.82) is 0 Å². The van der Waals surface area contributed by atoms with E-state index < -0.39 is 30.4 Å². The minimum atomic E-state index is -1.29. The highest BCUT2D eigenvalue weighted by Gasteiger charge is 2.20. The quantitative estimate of drug-likeness (QED) is 0.582. The van der Waals surface area contributed by atoms with Gasteiger partial charge in [0.05, 0.1) is 12.5 Å². The van der Waals surface area contributed by atoms with Crippen LogP contribution in [0, 0.1) is 5.82 Å². The number of benzene rings is 1. The van der Waals surface area contributed by atoms with Crippen molar-refractivity contribution in [2.45, 2.75) is 32.0 Å². The molecule has 0 saturated heterocycles. The molecule has 116 valence electrons. The average Bonchev–Trinajstić information content (AvgIpc) is 2.39. The van der Waals surface area contributed by atoms with Gasteiger partial charge in [0.25, 0.3) is 0 Å². The van der Waals surface area contributed by atoms with Crippen molar-refractivity contribution in [2.75, 3.05) is 6.54 Å². The number of nitrogens with one attached hydrogen (secondary N) is 1. The predicted octanol–water partition coefficient (Wildman–Crippen LogP) is 0.373. The molecule has 0 spiro atoms. The molecular formula is C14H18FNO5. The molecule has 0 saturated carbocycles. The first-order valence-corrected chi connectivity index (χ1v) is 6.42. The van der Waals surface area contributed by atoms with Crippen LogP contribution in [0.15, 0.2) is 18.2 Å². The molecule has 0 fully saturated rings. The summed E-state index contributed by atoms with van der Waals surface area (Å²) in [6, 6.07) is 3.56. The molecular weight excluding hydrogens is 281 g/mol. The molecule has 0 aliphatic rings. The Morgan fingerprint density at radius 1 is 1.33 bits per heavy atom. The molecule has 2 atom stereocenters. The lowest BCUT2D eigenvalue weighted by atomic mass is 9.99. The molecule has 0 heterocycles. The number of carbonyl (C=O) groups excluding carboxylic acids is 1. The van der Waals surface area contributed by atoms with Crippen LogP contribution in [0.5, 0.6) is 0 Å². The average molecular weight is 299 g/mol. The largest absolute Gasteiger partial charge is 0.481 e. The van der Waals surface area contributed by atoms with Gasteiger partial charge in [-0.25, -0.2) is 4.39 Å². The number of rotatable bonds is 7. The first-order chi connectivity index (χ1) is 9.81. The molecule has 1 rings (SSSR count). The fourth-order valence-electron chi connectivity index (χ4n) is 1.85. The molecule has 1 aromatic carbocycles. The Labute approximate surface area is 121 Å². The van der Waals surface area contributed by atoms with Gasteiger partial charge in [0.15, 0.2) is 0 Å². The normalized spacial score (nSPS) is 13.5. The minimum absolute atomic E-state index is 0.0619. The van der Waals surface area contributed by atoms with E-state index in [1.54, 1.807) is 0 Å². The molecule has 1 aromatic rings. The summed E-state index contributed by atoms with van der Waals surface area (Å²) in [5, 5.41) is 30.9. The third kappa shape index (κ3) is 5.49. The molecule has 0 bridgehead atoms. The maximum absolute atomic E-state index is 13.4. The van der Waals surface area contributed by atoms with Gasteiger partial charge in [-0.05, 0) is 29.7 Å². The monoisotopic (exact) mass is 299 g/mol. The first kappa shape index (κ1) is 17.1. The van der Waals surface area contributed by atoms with Gasteiger partial charge in [0.1, 0.15) is 11.9 Å². The van der Waals surface area contributed by atoms with Crippen LogP contribution in [0.3, 0.4) is 0 Å². The van der Waals surface area contributed by atoms with Gasteiger partial charge in [0, 0.05) is 13.5 Å². The SMILES string of the molecule is CC(=O)NCCC(O)C(O)c1ccc(F)c(CC(=O)O)c1. The second-order valence-electron chi connectivity index (χ2n) is 4.71. The fraction of sp³-hybridized carbons (Fsp3) is 0.429. The Bertz CT molecular complexity index is 520. The van der Waals surface area contributed by atoms with Gasteiger partial charge in [-0.2, -0.15) is 0 Å². The number of halogens is 1. The number of hydrogen-bond donors (Lipinski definition) is 4. The number of amides is 1. The van der Waals surface area contributed by atoms with E-state index in [2.05, 4.69) is 5.32 Å². The smallest absolute Gasteiger partial charge is 0.307 e. The Kier molecular flexibility index (Phi) is 6.26. The molecule has 0 aliphatic heterocycles. The van der Waals surface area contributed by atoms with E-state index in [9.17, 15) is 24.2 Å². The summed E-state index contributed by atoms with van der Waals surface area (Å²) in [6.07, 6.45) is -2.83. The van der Waals surface area contributed by atoms with Crippen LogP contribution >= 0.6 is 0 Å². The van der Waals surface area contributed by atoms with Crippen LogP contribution in [0.4, 0.5) is 4.39 Å². The number of carbonyl (C=O) groups is 2. The highest BCUT2D eigenvalue weighted by molar-refractivity contribution is 5.72. The lowest BCUT2D eigenvalue weighted by molar-refractivity contribution is -0.136. The third-order valence-corrected chi connectivity index (χ3v) is 2.93. The molecule has 2 unspecified atom stereocenters. The van der Waals surface area contributed by atoms with Crippen molar-refractivity contribution in [2.24, 2.45) is 0 Å². The first-order valence-electron chi connectivity index (χ1n) is 6.42. The van der Waals surface area contributed by atoms with E-state index in [0.717, 1.165) is 6.07 Å². The van der Waals surface area contributed by atoms with E-state index in [0.29, 0.717) is 0 Å². The molecule has 0 aliphatic carbocycles. The summed E-state index contributed by atoms with van der Waals surface area (Å²) in [6.45, 7) is 1.53. The lowest BCUT2D eigenvalue weighted by Crippen LogP contribution is -2.27. The van der Waals surface area contributed by atoms with Crippen molar-refractivity contribution in [3.8, 4) is 0 Å². The number of carboxylic acid groups (broad SMARTS) is 1. The Morgan fingerprint density at radius 2 is 2.00 bits per heavy atom.